The number of aliphatic hydroxyl groups excluding tert-OH is 1. The molecule has 2 heterocycles. The van der Waals surface area contributed by atoms with Crippen LogP contribution in [0.4, 0.5) is 0 Å². The van der Waals surface area contributed by atoms with E-state index in [1.54, 1.807) is 18.2 Å². The third-order valence-corrected chi connectivity index (χ3v) is 9.03. The summed E-state index contributed by atoms with van der Waals surface area (Å²) in [6, 6.07) is 20.5. The third kappa shape index (κ3) is 7.88. The topological polar surface area (TPSA) is 158 Å². The lowest BCUT2D eigenvalue weighted by Crippen LogP contribution is -2.39. The van der Waals surface area contributed by atoms with Crippen LogP contribution in [0.25, 0.3) is 16.8 Å². The van der Waals surface area contributed by atoms with Gasteiger partial charge in [0, 0.05) is 18.0 Å². The predicted octanol–water partition coefficient (Wildman–Crippen LogP) is 4.28. The fourth-order valence-electron chi connectivity index (χ4n) is 4.97. The number of methoxy groups -OCH3 is 1. The Kier molecular flexibility index (Phi) is 10.5. The SMILES string of the molecule is COC(=O)[C@H](Cc1ccccc1)NP(=O)(OC[C@H]1O[C@@H](n2cc(/C=C/Br)c(=O)[nH]c2=O)C[C@@H]1O)Oc1cccc2ccccc12. The average Bonchev–Trinajstić information content (AvgIpc) is 3.41. The van der Waals surface area contributed by atoms with Crippen LogP contribution in [0.2, 0.25) is 0 Å². The van der Waals surface area contributed by atoms with Crippen LogP contribution < -0.4 is 20.9 Å². The van der Waals surface area contributed by atoms with Gasteiger partial charge in [-0.3, -0.25) is 23.7 Å². The highest BCUT2D eigenvalue weighted by Crippen LogP contribution is 2.47. The lowest BCUT2D eigenvalue weighted by atomic mass is 10.1. The molecule has 1 fully saturated rings. The Morgan fingerprint density at radius 2 is 1.89 bits per heavy atom. The molecule has 4 aromatic rings. The molecule has 1 aromatic heterocycles. The van der Waals surface area contributed by atoms with Gasteiger partial charge < -0.3 is 19.1 Å². The van der Waals surface area contributed by atoms with Gasteiger partial charge in [0.05, 0.1) is 25.4 Å². The van der Waals surface area contributed by atoms with Crippen LogP contribution in [0.5, 0.6) is 5.75 Å². The number of H-pyrrole nitrogens is 1. The molecule has 0 aliphatic carbocycles. The number of esters is 1. The van der Waals surface area contributed by atoms with Crippen molar-refractivity contribution in [3.63, 3.8) is 0 Å². The van der Waals surface area contributed by atoms with E-state index in [9.17, 15) is 24.1 Å². The summed E-state index contributed by atoms with van der Waals surface area (Å²) in [4.78, 5) is 41.2. The molecular formula is C31H31BrN3O9P. The highest BCUT2D eigenvalue weighted by molar-refractivity contribution is 9.11. The van der Waals surface area contributed by atoms with Crippen LogP contribution in [0.1, 0.15) is 23.8 Å². The van der Waals surface area contributed by atoms with Gasteiger partial charge in [-0.1, -0.05) is 82.7 Å². The van der Waals surface area contributed by atoms with E-state index < -0.39 is 56.0 Å². The molecule has 1 unspecified atom stereocenters. The van der Waals surface area contributed by atoms with Gasteiger partial charge >= 0.3 is 19.4 Å². The Hall–Kier alpha value is -3.84. The van der Waals surface area contributed by atoms with E-state index in [-0.39, 0.29) is 24.2 Å². The molecule has 5 atom stereocenters. The van der Waals surface area contributed by atoms with Gasteiger partial charge in [0.25, 0.3) is 5.56 Å². The normalized spacial score (nSPS) is 20.2. The summed E-state index contributed by atoms with van der Waals surface area (Å²) in [5, 5.41) is 15.1. The van der Waals surface area contributed by atoms with Gasteiger partial charge in [0.2, 0.25) is 0 Å². The van der Waals surface area contributed by atoms with Gasteiger partial charge in [-0.25, -0.2) is 9.36 Å². The number of nitrogens with zero attached hydrogens (tertiary/aromatic N) is 1. The van der Waals surface area contributed by atoms with E-state index in [4.69, 9.17) is 18.5 Å². The van der Waals surface area contributed by atoms with Crippen LogP contribution in [-0.2, 0) is 29.8 Å². The van der Waals surface area contributed by atoms with Crippen LogP contribution >= 0.6 is 23.7 Å². The number of hydrogen-bond acceptors (Lipinski definition) is 9. The number of hydrogen-bond donors (Lipinski definition) is 3. The number of aromatic nitrogens is 2. The van der Waals surface area contributed by atoms with E-state index in [2.05, 4.69) is 26.0 Å². The van der Waals surface area contributed by atoms with Crippen LogP contribution in [-0.4, -0.2) is 52.6 Å². The molecule has 45 heavy (non-hydrogen) atoms. The van der Waals surface area contributed by atoms with Gasteiger partial charge in [-0.15, -0.1) is 0 Å². The molecule has 12 nitrogen and oxygen atoms in total. The summed E-state index contributed by atoms with van der Waals surface area (Å²) in [5.74, 6) is -0.447. The van der Waals surface area contributed by atoms with Crippen molar-refractivity contribution in [2.75, 3.05) is 13.7 Å². The molecule has 0 radical (unpaired) electrons. The molecule has 0 amide bonds. The quantitative estimate of drug-likeness (QED) is 0.144. The fraction of sp³-hybridized carbons (Fsp3) is 0.258. The number of ether oxygens (including phenoxy) is 2. The number of aromatic amines is 1. The van der Waals surface area contributed by atoms with E-state index in [1.165, 1.54) is 24.4 Å². The van der Waals surface area contributed by atoms with Crippen molar-refractivity contribution in [3.05, 3.63) is 116 Å². The second-order valence-corrected chi connectivity index (χ2v) is 12.5. The monoisotopic (exact) mass is 699 g/mol. The first-order chi connectivity index (χ1) is 21.7. The maximum atomic E-state index is 14.5. The Morgan fingerprint density at radius 1 is 1.16 bits per heavy atom. The zero-order valence-electron chi connectivity index (χ0n) is 24.1. The molecule has 1 saturated heterocycles. The fourth-order valence-corrected chi connectivity index (χ4v) is 6.77. The number of carbonyl (C=O) groups is 1. The van der Waals surface area contributed by atoms with E-state index in [0.29, 0.717) is 5.39 Å². The minimum atomic E-state index is -4.38. The standard InChI is InChI=1S/C31H31BrN3O9P/c1-41-30(38)24(16-20-8-3-2-4-9-20)34-45(40,44-26-13-7-11-21-10-5-6-12-23(21)26)42-19-27-25(36)17-28(43-27)35-18-22(14-15-32)29(37)33-31(35)39/h2-15,18,24-25,27-28,36H,16-17,19H2,1H3,(H,34,40)(H,33,37,39)/b15-14+/t24-,25-,27+,28+,45?/m0/s1. The highest BCUT2D eigenvalue weighted by Gasteiger charge is 2.40. The number of halogens is 1. The molecule has 3 N–H and O–H groups in total. The van der Waals surface area contributed by atoms with Crippen molar-refractivity contribution in [2.45, 2.75) is 37.3 Å². The van der Waals surface area contributed by atoms with Gasteiger partial charge in [0.1, 0.15) is 24.1 Å². The summed E-state index contributed by atoms with van der Waals surface area (Å²) < 4.78 is 38.4. The first-order valence-corrected chi connectivity index (χ1v) is 16.4. The Bertz CT molecular complexity index is 1840. The number of nitrogens with one attached hydrogen (secondary N) is 2. The van der Waals surface area contributed by atoms with Crippen molar-refractivity contribution < 1.29 is 33.0 Å². The van der Waals surface area contributed by atoms with Gasteiger partial charge in [-0.05, 0) is 34.5 Å². The number of benzene rings is 3. The summed E-state index contributed by atoms with van der Waals surface area (Å²) in [6.45, 7) is -0.432. The van der Waals surface area contributed by atoms with Crippen LogP contribution in [0.3, 0.4) is 0 Å². The van der Waals surface area contributed by atoms with Crippen LogP contribution in [0, 0.1) is 0 Å². The summed E-state index contributed by atoms with van der Waals surface area (Å²) >= 11 is 3.11. The van der Waals surface area contributed by atoms with Crippen molar-refractivity contribution in [1.82, 2.24) is 14.6 Å². The predicted molar refractivity (Wildman–Crippen MR) is 171 cm³/mol. The second kappa shape index (κ2) is 14.5. The zero-order valence-corrected chi connectivity index (χ0v) is 26.6. The lowest BCUT2D eigenvalue weighted by Gasteiger charge is -2.26. The van der Waals surface area contributed by atoms with E-state index in [1.807, 2.05) is 54.6 Å². The molecule has 14 heteroatoms. The molecule has 236 valence electrons. The van der Waals surface area contributed by atoms with Crippen molar-refractivity contribution in [2.24, 2.45) is 0 Å². The van der Waals surface area contributed by atoms with Gasteiger partial charge in [-0.2, -0.15) is 5.09 Å². The molecule has 3 aromatic carbocycles. The Labute approximate surface area is 266 Å². The molecular weight excluding hydrogens is 669 g/mol. The summed E-state index contributed by atoms with van der Waals surface area (Å²) in [6.07, 6.45) is -0.243. The average molecular weight is 700 g/mol. The van der Waals surface area contributed by atoms with Crippen LogP contribution in [0.15, 0.2) is 93.6 Å². The smallest absolute Gasteiger partial charge is 0.459 e. The molecule has 0 bridgehead atoms. The number of fused-ring (bicyclic) bond motifs is 1. The number of aliphatic hydroxyl groups is 1. The van der Waals surface area contributed by atoms with Crippen molar-refractivity contribution >= 4 is 46.5 Å². The molecule has 0 spiro atoms. The van der Waals surface area contributed by atoms with E-state index in [0.717, 1.165) is 15.5 Å². The zero-order chi connectivity index (χ0) is 32.0. The Morgan fingerprint density at radius 3 is 2.64 bits per heavy atom. The van der Waals surface area contributed by atoms with Crippen molar-refractivity contribution in [3.8, 4) is 5.75 Å². The van der Waals surface area contributed by atoms with Crippen molar-refractivity contribution in [1.29, 1.82) is 0 Å². The maximum Gasteiger partial charge on any atom is 0.459 e. The lowest BCUT2D eigenvalue weighted by molar-refractivity contribution is -0.142. The van der Waals surface area contributed by atoms with Gasteiger partial charge in [0.15, 0.2) is 0 Å². The molecule has 1 aliphatic heterocycles. The Balaban J connectivity index is 1.41. The largest absolute Gasteiger partial charge is 0.468 e. The number of carbonyl (C=O) groups excluding carboxylic acids is 1. The first kappa shape index (κ1) is 32.6. The second-order valence-electron chi connectivity index (χ2n) is 10.2. The first-order valence-electron chi connectivity index (χ1n) is 14.0. The molecule has 0 saturated carbocycles. The third-order valence-electron chi connectivity index (χ3n) is 7.21. The minimum absolute atomic E-state index is 0.0157. The summed E-state index contributed by atoms with van der Waals surface area (Å²) in [5.41, 5.74) is -0.346. The maximum absolute atomic E-state index is 14.5. The summed E-state index contributed by atoms with van der Waals surface area (Å²) in [7, 11) is -3.16. The molecule has 5 rings (SSSR count). The minimum Gasteiger partial charge on any atom is -0.468 e. The number of rotatable bonds is 12. The highest BCUT2D eigenvalue weighted by atomic mass is 79.9. The molecule has 1 aliphatic rings. The van der Waals surface area contributed by atoms with E-state index >= 15 is 0 Å².